The van der Waals surface area contributed by atoms with Crippen molar-refractivity contribution in [1.29, 1.82) is 0 Å². The van der Waals surface area contributed by atoms with Crippen LogP contribution in [0.5, 0.6) is 5.88 Å². The molecule has 0 spiro atoms. The van der Waals surface area contributed by atoms with E-state index in [2.05, 4.69) is 17.2 Å². The minimum Gasteiger partial charge on any atom is -0.478 e. The van der Waals surface area contributed by atoms with Crippen LogP contribution in [0.4, 0.5) is 0 Å². The summed E-state index contributed by atoms with van der Waals surface area (Å²) in [6, 6.07) is 10.5. The number of aromatic carboxylic acids is 1. The minimum atomic E-state index is -0.933. The zero-order valence-corrected chi connectivity index (χ0v) is 13.2. The van der Waals surface area contributed by atoms with Crippen LogP contribution in [-0.4, -0.2) is 34.8 Å². The van der Waals surface area contributed by atoms with E-state index in [1.807, 2.05) is 19.2 Å². The van der Waals surface area contributed by atoms with Gasteiger partial charge in [-0.25, -0.2) is 9.78 Å². The van der Waals surface area contributed by atoms with Gasteiger partial charge in [-0.1, -0.05) is 12.1 Å². The average Bonchev–Trinajstić information content (AvgIpc) is 3.37. The smallest absolute Gasteiger partial charge is 0.335 e. The minimum absolute atomic E-state index is 0.0134. The van der Waals surface area contributed by atoms with E-state index in [0.29, 0.717) is 5.88 Å². The lowest BCUT2D eigenvalue weighted by Crippen LogP contribution is -2.41. The zero-order valence-electron chi connectivity index (χ0n) is 13.2. The fourth-order valence-electron chi connectivity index (χ4n) is 2.77. The van der Waals surface area contributed by atoms with Crippen molar-refractivity contribution in [2.45, 2.75) is 31.4 Å². The first-order valence-electron chi connectivity index (χ1n) is 7.70. The topological polar surface area (TPSA) is 71.5 Å². The van der Waals surface area contributed by atoms with E-state index in [-0.39, 0.29) is 17.2 Å². The number of hydrogen-bond acceptors (Lipinski definition) is 4. The van der Waals surface area contributed by atoms with Gasteiger partial charge in [0.15, 0.2) is 0 Å². The third kappa shape index (κ3) is 3.05. The van der Waals surface area contributed by atoms with Crippen molar-refractivity contribution in [3.8, 4) is 17.0 Å². The highest BCUT2D eigenvalue weighted by molar-refractivity contribution is 5.88. The van der Waals surface area contributed by atoms with Gasteiger partial charge in [0.1, 0.15) is 6.10 Å². The fourth-order valence-corrected chi connectivity index (χ4v) is 2.77. The van der Waals surface area contributed by atoms with Gasteiger partial charge in [-0.05, 0) is 56.6 Å². The van der Waals surface area contributed by atoms with Crippen molar-refractivity contribution in [2.24, 2.45) is 0 Å². The standard InChI is InChI=1S/C18H20N2O3/c1-12(18(19-2)9-10-18)23-16-15(4-3-11-20-16)13-5-7-14(8-6-13)17(21)22/h3-8,11-12,19H,9-10H2,1-2H3,(H,21,22). The molecule has 2 aromatic rings. The molecule has 1 heterocycles. The lowest BCUT2D eigenvalue weighted by Gasteiger charge is -2.24. The number of carbonyl (C=O) groups is 1. The van der Waals surface area contributed by atoms with Gasteiger partial charge in [-0.3, -0.25) is 0 Å². The second-order valence-electron chi connectivity index (χ2n) is 5.90. The van der Waals surface area contributed by atoms with Crippen LogP contribution in [0.3, 0.4) is 0 Å². The summed E-state index contributed by atoms with van der Waals surface area (Å²) in [5.74, 6) is -0.359. The first kappa shape index (κ1) is 15.5. The van der Waals surface area contributed by atoms with Crippen molar-refractivity contribution in [2.75, 3.05) is 7.05 Å². The third-order valence-corrected chi connectivity index (χ3v) is 4.57. The molecule has 0 radical (unpaired) electrons. The number of carboxylic acid groups (broad SMARTS) is 1. The number of rotatable bonds is 6. The van der Waals surface area contributed by atoms with E-state index >= 15 is 0 Å². The zero-order chi connectivity index (χ0) is 16.4. The van der Waals surface area contributed by atoms with E-state index in [0.717, 1.165) is 24.0 Å². The van der Waals surface area contributed by atoms with Crippen LogP contribution in [0.15, 0.2) is 42.6 Å². The second kappa shape index (κ2) is 6.01. The van der Waals surface area contributed by atoms with E-state index in [1.54, 1.807) is 30.5 Å². The van der Waals surface area contributed by atoms with Crippen LogP contribution in [0.25, 0.3) is 11.1 Å². The van der Waals surface area contributed by atoms with Crippen molar-refractivity contribution < 1.29 is 14.6 Å². The van der Waals surface area contributed by atoms with Gasteiger partial charge in [0, 0.05) is 11.8 Å². The van der Waals surface area contributed by atoms with Crippen LogP contribution in [0.1, 0.15) is 30.1 Å². The molecule has 0 saturated heterocycles. The molecule has 0 bridgehead atoms. The molecule has 1 saturated carbocycles. The summed E-state index contributed by atoms with van der Waals surface area (Å²) in [5.41, 5.74) is 2.06. The monoisotopic (exact) mass is 312 g/mol. The van der Waals surface area contributed by atoms with E-state index < -0.39 is 5.97 Å². The van der Waals surface area contributed by atoms with E-state index in [4.69, 9.17) is 9.84 Å². The lowest BCUT2D eigenvalue weighted by atomic mass is 10.0. The van der Waals surface area contributed by atoms with Crippen molar-refractivity contribution in [1.82, 2.24) is 10.3 Å². The van der Waals surface area contributed by atoms with E-state index in [9.17, 15) is 4.79 Å². The van der Waals surface area contributed by atoms with Crippen LogP contribution in [0.2, 0.25) is 0 Å². The summed E-state index contributed by atoms with van der Waals surface area (Å²) in [6.45, 7) is 2.05. The normalized spacial score (nSPS) is 16.6. The molecule has 23 heavy (non-hydrogen) atoms. The Morgan fingerprint density at radius 1 is 1.30 bits per heavy atom. The van der Waals surface area contributed by atoms with Crippen molar-refractivity contribution >= 4 is 5.97 Å². The molecule has 1 aromatic heterocycles. The predicted molar refractivity (Wildman–Crippen MR) is 87.7 cm³/mol. The molecule has 3 rings (SSSR count). The van der Waals surface area contributed by atoms with Crippen LogP contribution < -0.4 is 10.1 Å². The molecule has 0 amide bonds. The highest BCUT2D eigenvalue weighted by Gasteiger charge is 2.47. The van der Waals surface area contributed by atoms with Crippen LogP contribution in [-0.2, 0) is 0 Å². The number of benzene rings is 1. The highest BCUT2D eigenvalue weighted by atomic mass is 16.5. The number of likely N-dealkylation sites (N-methyl/N-ethyl adjacent to an activating group) is 1. The van der Waals surface area contributed by atoms with Gasteiger partial charge in [0.2, 0.25) is 5.88 Å². The summed E-state index contributed by atoms with van der Waals surface area (Å²) in [6.07, 6.45) is 3.91. The SMILES string of the molecule is CNC1(C(C)Oc2ncccc2-c2ccc(C(=O)O)cc2)CC1. The molecule has 5 nitrogen and oxygen atoms in total. The average molecular weight is 312 g/mol. The summed E-state index contributed by atoms with van der Waals surface area (Å²) in [7, 11) is 1.96. The maximum atomic E-state index is 11.0. The number of aromatic nitrogens is 1. The number of nitrogens with one attached hydrogen (secondary N) is 1. The second-order valence-corrected chi connectivity index (χ2v) is 5.90. The van der Waals surface area contributed by atoms with Crippen molar-refractivity contribution in [3.05, 3.63) is 48.2 Å². The number of pyridine rings is 1. The van der Waals surface area contributed by atoms with Gasteiger partial charge in [-0.15, -0.1) is 0 Å². The summed E-state index contributed by atoms with van der Waals surface area (Å²) < 4.78 is 6.11. The van der Waals surface area contributed by atoms with Crippen molar-refractivity contribution in [3.63, 3.8) is 0 Å². The first-order chi connectivity index (χ1) is 11.1. The van der Waals surface area contributed by atoms with Gasteiger partial charge in [0.25, 0.3) is 0 Å². The van der Waals surface area contributed by atoms with Gasteiger partial charge in [0.05, 0.1) is 11.1 Å². The Bertz CT molecular complexity index is 708. The summed E-state index contributed by atoms with van der Waals surface area (Å²) in [4.78, 5) is 15.3. The molecule has 120 valence electrons. The predicted octanol–water partition coefficient (Wildman–Crippen LogP) is 2.97. The molecule has 0 aliphatic heterocycles. The maximum absolute atomic E-state index is 11.0. The Balaban J connectivity index is 1.87. The fraction of sp³-hybridized carbons (Fsp3) is 0.333. The molecule has 1 aliphatic carbocycles. The molecule has 1 unspecified atom stereocenters. The Morgan fingerprint density at radius 2 is 2.00 bits per heavy atom. The van der Waals surface area contributed by atoms with Gasteiger partial charge >= 0.3 is 5.97 Å². The van der Waals surface area contributed by atoms with Crippen LogP contribution >= 0.6 is 0 Å². The largest absolute Gasteiger partial charge is 0.478 e. The lowest BCUT2D eigenvalue weighted by molar-refractivity contribution is 0.0697. The number of ether oxygens (including phenoxy) is 1. The quantitative estimate of drug-likeness (QED) is 0.858. The Labute approximate surface area is 135 Å². The van der Waals surface area contributed by atoms with E-state index in [1.165, 1.54) is 0 Å². The number of carboxylic acids is 1. The van der Waals surface area contributed by atoms with Gasteiger partial charge < -0.3 is 15.2 Å². The molecule has 1 aromatic carbocycles. The molecular weight excluding hydrogens is 292 g/mol. The maximum Gasteiger partial charge on any atom is 0.335 e. The molecule has 1 fully saturated rings. The Hall–Kier alpha value is -2.40. The van der Waals surface area contributed by atoms with Crippen LogP contribution in [0, 0.1) is 0 Å². The molecule has 1 aliphatic rings. The summed E-state index contributed by atoms with van der Waals surface area (Å²) >= 11 is 0. The molecule has 5 heteroatoms. The summed E-state index contributed by atoms with van der Waals surface area (Å²) in [5, 5.41) is 12.3. The number of hydrogen-bond donors (Lipinski definition) is 2. The molecule has 2 N–H and O–H groups in total. The molecule has 1 atom stereocenters. The molecular formula is C18H20N2O3. The first-order valence-corrected chi connectivity index (χ1v) is 7.70. The third-order valence-electron chi connectivity index (χ3n) is 4.57. The Morgan fingerprint density at radius 3 is 2.57 bits per heavy atom. The highest BCUT2D eigenvalue weighted by Crippen LogP contribution is 2.40. The van der Waals surface area contributed by atoms with Gasteiger partial charge in [-0.2, -0.15) is 0 Å². The number of nitrogens with zero attached hydrogens (tertiary/aromatic N) is 1. The Kier molecular flexibility index (Phi) is 4.05.